The van der Waals surface area contributed by atoms with Crippen LogP contribution in [0.2, 0.25) is 0 Å². The van der Waals surface area contributed by atoms with Crippen LogP contribution in [0, 0.1) is 0 Å². The monoisotopic (exact) mass is 205 g/mol. The molecule has 4 nitrogen and oxygen atoms in total. The van der Waals surface area contributed by atoms with E-state index >= 15 is 0 Å². The Morgan fingerprint density at radius 2 is 2.53 bits per heavy atom. The smallest absolute Gasteiger partial charge is 0.246 e. The van der Waals surface area contributed by atoms with Gasteiger partial charge in [-0.15, -0.1) is 0 Å². The van der Waals surface area contributed by atoms with E-state index in [1.807, 2.05) is 22.7 Å². The predicted octanol–water partition coefficient (Wildman–Crippen LogP) is 1.10. The van der Waals surface area contributed by atoms with Crippen molar-refractivity contribution in [2.45, 2.75) is 25.4 Å². The third kappa shape index (κ3) is 2.09. The summed E-state index contributed by atoms with van der Waals surface area (Å²) in [6.45, 7) is 4.11. The summed E-state index contributed by atoms with van der Waals surface area (Å²) < 4.78 is 1.94. The topological polar surface area (TPSA) is 38.1 Å². The molecule has 80 valence electrons. The zero-order chi connectivity index (χ0) is 10.8. The van der Waals surface area contributed by atoms with Gasteiger partial charge in [-0.05, 0) is 18.9 Å². The third-order valence-electron chi connectivity index (χ3n) is 2.68. The fourth-order valence-corrected chi connectivity index (χ4v) is 1.59. The van der Waals surface area contributed by atoms with Gasteiger partial charge in [-0.1, -0.05) is 6.58 Å². The maximum atomic E-state index is 11.6. The van der Waals surface area contributed by atoms with Crippen LogP contribution in [0.25, 0.3) is 0 Å². The van der Waals surface area contributed by atoms with Gasteiger partial charge < -0.3 is 9.47 Å². The lowest BCUT2D eigenvalue weighted by Crippen LogP contribution is -2.32. The fraction of sp³-hybridized carbons (Fsp3) is 0.455. The lowest BCUT2D eigenvalue weighted by molar-refractivity contribution is -0.127. The van der Waals surface area contributed by atoms with Gasteiger partial charge in [0.2, 0.25) is 5.91 Å². The van der Waals surface area contributed by atoms with Gasteiger partial charge >= 0.3 is 0 Å². The van der Waals surface area contributed by atoms with Gasteiger partial charge in [-0.25, -0.2) is 4.98 Å². The maximum absolute atomic E-state index is 11.6. The van der Waals surface area contributed by atoms with Crippen molar-refractivity contribution < 1.29 is 4.79 Å². The van der Waals surface area contributed by atoms with Crippen LogP contribution in [0.1, 0.15) is 18.7 Å². The summed E-state index contributed by atoms with van der Waals surface area (Å²) in [6, 6.07) is 0.396. The molecular formula is C11H15N3O. The number of hydrogen-bond donors (Lipinski definition) is 0. The number of carbonyl (C=O) groups is 1. The normalized spacial score (nSPS) is 15.0. The standard InChI is InChI=1S/C11H15N3O/c1-3-11(15)14(9-4-5-9)8-10-12-6-7-13(10)2/h3,6-7,9H,1,4-5,8H2,2H3. The molecule has 0 aromatic carbocycles. The Bertz CT molecular complexity index is 379. The summed E-state index contributed by atoms with van der Waals surface area (Å²) in [5.74, 6) is 0.914. The summed E-state index contributed by atoms with van der Waals surface area (Å²) in [5, 5.41) is 0. The van der Waals surface area contributed by atoms with Crippen molar-refractivity contribution in [1.29, 1.82) is 0 Å². The second kappa shape index (κ2) is 3.88. The Kier molecular flexibility index (Phi) is 2.58. The van der Waals surface area contributed by atoms with Crippen LogP contribution in [0.5, 0.6) is 0 Å². The quantitative estimate of drug-likeness (QED) is 0.690. The van der Waals surface area contributed by atoms with Gasteiger partial charge in [0.15, 0.2) is 0 Å². The summed E-state index contributed by atoms with van der Waals surface area (Å²) >= 11 is 0. The molecule has 15 heavy (non-hydrogen) atoms. The van der Waals surface area contributed by atoms with Crippen molar-refractivity contribution in [3.8, 4) is 0 Å². The van der Waals surface area contributed by atoms with Crippen LogP contribution >= 0.6 is 0 Å². The molecule has 0 aliphatic heterocycles. The zero-order valence-corrected chi connectivity index (χ0v) is 8.89. The van der Waals surface area contributed by atoms with Crippen LogP contribution in [0.3, 0.4) is 0 Å². The predicted molar refractivity (Wildman–Crippen MR) is 57.0 cm³/mol. The highest BCUT2D eigenvalue weighted by molar-refractivity contribution is 5.87. The zero-order valence-electron chi connectivity index (χ0n) is 8.89. The highest BCUT2D eigenvalue weighted by Gasteiger charge is 2.31. The van der Waals surface area contributed by atoms with E-state index in [4.69, 9.17) is 0 Å². The third-order valence-corrected chi connectivity index (χ3v) is 2.68. The van der Waals surface area contributed by atoms with E-state index in [-0.39, 0.29) is 5.91 Å². The van der Waals surface area contributed by atoms with Crippen LogP contribution in [-0.2, 0) is 18.4 Å². The lowest BCUT2D eigenvalue weighted by Gasteiger charge is -2.20. The lowest BCUT2D eigenvalue weighted by atomic mass is 10.4. The molecule has 1 aromatic heterocycles. The summed E-state index contributed by atoms with van der Waals surface area (Å²) in [5.41, 5.74) is 0. The molecule has 4 heteroatoms. The van der Waals surface area contributed by atoms with E-state index in [9.17, 15) is 4.79 Å². The number of aromatic nitrogens is 2. The number of rotatable bonds is 4. The van der Waals surface area contributed by atoms with Crippen LogP contribution < -0.4 is 0 Å². The molecule has 1 fully saturated rings. The van der Waals surface area contributed by atoms with Gasteiger partial charge in [0.05, 0.1) is 6.54 Å². The molecule has 0 bridgehead atoms. The largest absolute Gasteiger partial charge is 0.337 e. The van der Waals surface area contributed by atoms with E-state index in [2.05, 4.69) is 11.6 Å². The van der Waals surface area contributed by atoms with Gasteiger partial charge in [0, 0.05) is 25.5 Å². The second-order valence-electron chi connectivity index (χ2n) is 3.86. The van der Waals surface area contributed by atoms with E-state index in [1.165, 1.54) is 6.08 Å². The molecule has 1 saturated carbocycles. The average Bonchev–Trinajstić information content (AvgIpc) is 2.99. The molecule has 0 saturated heterocycles. The van der Waals surface area contributed by atoms with E-state index in [1.54, 1.807) is 6.20 Å². The number of amides is 1. The van der Waals surface area contributed by atoms with Crippen molar-refractivity contribution in [3.05, 3.63) is 30.9 Å². The molecule has 0 atom stereocenters. The van der Waals surface area contributed by atoms with Crippen molar-refractivity contribution in [2.24, 2.45) is 7.05 Å². The minimum atomic E-state index is 0.000463. The Labute approximate surface area is 89.2 Å². The molecule has 1 aliphatic carbocycles. The molecule has 1 aromatic rings. The highest BCUT2D eigenvalue weighted by Crippen LogP contribution is 2.28. The minimum Gasteiger partial charge on any atom is -0.337 e. The van der Waals surface area contributed by atoms with E-state index in [0.717, 1.165) is 18.7 Å². The minimum absolute atomic E-state index is 0.000463. The van der Waals surface area contributed by atoms with Crippen LogP contribution in [0.4, 0.5) is 0 Å². The molecule has 0 spiro atoms. The highest BCUT2D eigenvalue weighted by atomic mass is 16.2. The first-order valence-electron chi connectivity index (χ1n) is 5.11. The Morgan fingerprint density at radius 3 is 3.00 bits per heavy atom. The van der Waals surface area contributed by atoms with Gasteiger partial charge in [-0.2, -0.15) is 0 Å². The van der Waals surface area contributed by atoms with Crippen molar-refractivity contribution in [3.63, 3.8) is 0 Å². The Morgan fingerprint density at radius 1 is 1.80 bits per heavy atom. The summed E-state index contributed by atoms with van der Waals surface area (Å²) in [4.78, 5) is 17.7. The number of imidazole rings is 1. The van der Waals surface area contributed by atoms with Gasteiger partial charge in [0.25, 0.3) is 0 Å². The van der Waals surface area contributed by atoms with Crippen molar-refractivity contribution in [2.75, 3.05) is 0 Å². The molecule has 1 amide bonds. The SMILES string of the molecule is C=CC(=O)N(Cc1nccn1C)C1CC1. The molecule has 0 radical (unpaired) electrons. The first-order chi connectivity index (χ1) is 7.22. The van der Waals surface area contributed by atoms with Gasteiger partial charge in [-0.3, -0.25) is 4.79 Å². The van der Waals surface area contributed by atoms with E-state index in [0.29, 0.717) is 12.6 Å². The summed E-state index contributed by atoms with van der Waals surface area (Å²) in [7, 11) is 1.94. The average molecular weight is 205 g/mol. The Balaban J connectivity index is 2.10. The molecule has 0 N–H and O–H groups in total. The van der Waals surface area contributed by atoms with Crippen molar-refractivity contribution >= 4 is 5.91 Å². The number of carbonyl (C=O) groups excluding carboxylic acids is 1. The van der Waals surface area contributed by atoms with E-state index < -0.39 is 0 Å². The molecular weight excluding hydrogens is 190 g/mol. The van der Waals surface area contributed by atoms with Crippen LogP contribution in [-0.4, -0.2) is 26.4 Å². The molecule has 1 heterocycles. The fourth-order valence-electron chi connectivity index (χ4n) is 1.59. The van der Waals surface area contributed by atoms with Crippen LogP contribution in [0.15, 0.2) is 25.0 Å². The first kappa shape index (κ1) is 9.96. The van der Waals surface area contributed by atoms with Gasteiger partial charge in [0.1, 0.15) is 5.82 Å². The number of aryl methyl sites for hydroxylation is 1. The maximum Gasteiger partial charge on any atom is 0.246 e. The molecule has 2 rings (SSSR count). The Hall–Kier alpha value is -1.58. The number of hydrogen-bond acceptors (Lipinski definition) is 2. The molecule has 0 unspecified atom stereocenters. The first-order valence-corrected chi connectivity index (χ1v) is 5.11. The molecule has 1 aliphatic rings. The summed E-state index contributed by atoms with van der Waals surface area (Å²) in [6.07, 6.45) is 7.22. The number of nitrogens with zero attached hydrogens (tertiary/aromatic N) is 3. The second-order valence-corrected chi connectivity index (χ2v) is 3.86. The van der Waals surface area contributed by atoms with Crippen molar-refractivity contribution in [1.82, 2.24) is 14.5 Å².